The van der Waals surface area contributed by atoms with Crippen molar-refractivity contribution in [1.29, 1.82) is 4.78 Å². The molecule has 1 aromatic heterocycles. The molecule has 0 aliphatic rings. The molecule has 3 rings (SSSR count). The third kappa shape index (κ3) is 4.81. The van der Waals surface area contributed by atoms with Crippen molar-refractivity contribution in [1.82, 2.24) is 9.97 Å². The third-order valence-corrected chi connectivity index (χ3v) is 4.56. The molecule has 3 aromatic rings. The van der Waals surface area contributed by atoms with E-state index in [1.54, 1.807) is 30.5 Å². The SMILES string of the molecule is C[C@H](CO)Nc1nc(Nc2ccc([S-](=N)=O)cc2)ncc1-c1ccccc1. The van der Waals surface area contributed by atoms with E-state index in [2.05, 4.69) is 20.6 Å². The van der Waals surface area contributed by atoms with Crippen LogP contribution in [0.3, 0.4) is 0 Å². The lowest BCUT2D eigenvalue weighted by Crippen LogP contribution is -2.21. The maximum Gasteiger partial charge on any atom is 0.229 e. The van der Waals surface area contributed by atoms with E-state index in [1.807, 2.05) is 37.3 Å². The molecule has 1 heterocycles. The molecular formula is C19H20N5O2S-. The number of nitrogens with zero attached hydrogens (tertiary/aromatic N) is 2. The Hall–Kier alpha value is -2.97. The van der Waals surface area contributed by atoms with Crippen molar-refractivity contribution in [3.63, 3.8) is 0 Å². The van der Waals surface area contributed by atoms with E-state index in [0.717, 1.165) is 16.8 Å². The van der Waals surface area contributed by atoms with Gasteiger partial charge in [0.1, 0.15) is 5.82 Å². The van der Waals surface area contributed by atoms with Crippen LogP contribution in [0.4, 0.5) is 17.5 Å². The first-order valence-corrected chi connectivity index (χ1v) is 9.51. The summed E-state index contributed by atoms with van der Waals surface area (Å²) in [4.78, 5) is 9.36. The summed E-state index contributed by atoms with van der Waals surface area (Å²) in [6, 6.07) is 16.3. The standard InChI is InChI=1S/C19H20N5O2S/c1-13(12-25)22-18-17(14-5-3-2-4-6-14)11-21-19(24-18)23-15-7-9-16(10-8-15)27(20)26/h2-11,13,20,25H,12H2,1H3,(H2,21,22,23,24)/q-1/t13-/m1/s1. The molecule has 0 unspecified atom stereocenters. The number of hydrogen-bond acceptors (Lipinski definition) is 8. The Morgan fingerprint density at radius 2 is 1.85 bits per heavy atom. The van der Waals surface area contributed by atoms with Gasteiger partial charge in [0.25, 0.3) is 0 Å². The van der Waals surface area contributed by atoms with Crippen LogP contribution < -0.4 is 10.6 Å². The monoisotopic (exact) mass is 382 g/mol. The highest BCUT2D eigenvalue weighted by atomic mass is 32.2. The van der Waals surface area contributed by atoms with E-state index in [4.69, 9.17) is 4.78 Å². The summed E-state index contributed by atoms with van der Waals surface area (Å²) in [6.07, 6.45) is 1.73. The Morgan fingerprint density at radius 3 is 2.48 bits per heavy atom. The fraction of sp³-hybridized carbons (Fsp3) is 0.158. The number of aromatic nitrogens is 2. The van der Waals surface area contributed by atoms with Crippen molar-refractivity contribution < 1.29 is 9.32 Å². The van der Waals surface area contributed by atoms with Crippen molar-refractivity contribution in [3.05, 3.63) is 60.8 Å². The molecule has 2 aromatic carbocycles. The Morgan fingerprint density at radius 1 is 1.15 bits per heavy atom. The number of rotatable bonds is 7. The Bertz CT molecular complexity index is 967. The van der Waals surface area contributed by atoms with E-state index in [9.17, 15) is 9.32 Å². The number of benzene rings is 2. The fourth-order valence-electron chi connectivity index (χ4n) is 2.45. The van der Waals surface area contributed by atoms with Gasteiger partial charge in [0, 0.05) is 23.5 Å². The van der Waals surface area contributed by atoms with E-state index >= 15 is 0 Å². The Balaban J connectivity index is 1.91. The summed E-state index contributed by atoms with van der Waals surface area (Å²) < 4.78 is 18.4. The van der Waals surface area contributed by atoms with Gasteiger partial charge >= 0.3 is 0 Å². The zero-order chi connectivity index (χ0) is 19.2. The molecule has 1 atom stereocenters. The van der Waals surface area contributed by atoms with Gasteiger partial charge in [-0.3, -0.25) is 0 Å². The van der Waals surface area contributed by atoms with Gasteiger partial charge < -0.3 is 24.7 Å². The van der Waals surface area contributed by atoms with Crippen molar-refractivity contribution in [2.75, 3.05) is 17.2 Å². The molecule has 0 spiro atoms. The predicted molar refractivity (Wildman–Crippen MR) is 106 cm³/mol. The maximum absolute atomic E-state index is 11.2. The molecule has 7 nitrogen and oxygen atoms in total. The van der Waals surface area contributed by atoms with Crippen LogP contribution in [0.25, 0.3) is 11.1 Å². The van der Waals surface area contributed by atoms with Crippen LogP contribution in [0, 0.1) is 4.78 Å². The van der Waals surface area contributed by atoms with Gasteiger partial charge in [-0.25, -0.2) is 4.98 Å². The van der Waals surface area contributed by atoms with Crippen LogP contribution in [-0.2, 0) is 14.8 Å². The number of hydrogen-bond donors (Lipinski definition) is 4. The highest BCUT2D eigenvalue weighted by Gasteiger charge is 2.12. The van der Waals surface area contributed by atoms with Crippen molar-refractivity contribution in [2.24, 2.45) is 0 Å². The molecular weight excluding hydrogens is 362 g/mol. The van der Waals surface area contributed by atoms with Crippen molar-refractivity contribution >= 4 is 28.0 Å². The van der Waals surface area contributed by atoms with Gasteiger partial charge in [-0.2, -0.15) is 15.6 Å². The zero-order valence-corrected chi connectivity index (χ0v) is 15.5. The summed E-state index contributed by atoms with van der Waals surface area (Å²) in [6.45, 7) is 1.84. The van der Waals surface area contributed by atoms with Crippen molar-refractivity contribution in [2.45, 2.75) is 17.9 Å². The van der Waals surface area contributed by atoms with E-state index in [0.29, 0.717) is 16.7 Å². The van der Waals surface area contributed by atoms with Crippen LogP contribution in [-0.4, -0.2) is 27.7 Å². The average Bonchev–Trinajstić information content (AvgIpc) is 2.69. The summed E-state index contributed by atoms with van der Waals surface area (Å²) >= 11 is 0. The number of nitrogens with one attached hydrogen (secondary N) is 3. The minimum Gasteiger partial charge on any atom is -0.440 e. The lowest BCUT2D eigenvalue weighted by Gasteiger charge is -2.16. The van der Waals surface area contributed by atoms with E-state index < -0.39 is 10.6 Å². The smallest absolute Gasteiger partial charge is 0.229 e. The second-order valence-corrected chi connectivity index (χ2v) is 6.98. The molecule has 4 N–H and O–H groups in total. The van der Waals surface area contributed by atoms with Crippen LogP contribution >= 0.6 is 0 Å². The first-order valence-electron chi connectivity index (χ1n) is 8.37. The maximum atomic E-state index is 11.2. The van der Waals surface area contributed by atoms with Crippen LogP contribution in [0.15, 0.2) is 65.7 Å². The Kier molecular flexibility index (Phi) is 6.00. The van der Waals surface area contributed by atoms with Crippen LogP contribution in [0.2, 0.25) is 0 Å². The van der Waals surface area contributed by atoms with E-state index in [1.165, 1.54) is 0 Å². The van der Waals surface area contributed by atoms with Crippen LogP contribution in [0.5, 0.6) is 0 Å². The van der Waals surface area contributed by atoms with Gasteiger partial charge in [0.15, 0.2) is 0 Å². The summed E-state index contributed by atoms with van der Waals surface area (Å²) in [5.74, 6) is 1.01. The second kappa shape index (κ2) is 8.61. The second-order valence-electron chi connectivity index (χ2n) is 5.97. The predicted octanol–water partition coefficient (Wildman–Crippen LogP) is 3.76. The largest absolute Gasteiger partial charge is 0.440 e. The molecule has 27 heavy (non-hydrogen) atoms. The zero-order valence-electron chi connectivity index (χ0n) is 14.7. The molecule has 140 valence electrons. The Labute approximate surface area is 159 Å². The molecule has 0 radical (unpaired) electrons. The highest BCUT2D eigenvalue weighted by molar-refractivity contribution is 7.73. The summed E-state index contributed by atoms with van der Waals surface area (Å²) in [5.41, 5.74) is 2.53. The van der Waals surface area contributed by atoms with Gasteiger partial charge in [-0.1, -0.05) is 47.4 Å². The molecule has 0 saturated heterocycles. The highest BCUT2D eigenvalue weighted by Crippen LogP contribution is 2.27. The number of anilines is 3. The van der Waals surface area contributed by atoms with Gasteiger partial charge in [-0.05, 0) is 24.6 Å². The minimum atomic E-state index is -1.76. The number of aliphatic hydroxyl groups excluding tert-OH is 1. The molecule has 0 bridgehead atoms. The minimum absolute atomic E-state index is 0.0211. The summed E-state index contributed by atoms with van der Waals surface area (Å²) in [5, 5.41) is 15.7. The van der Waals surface area contributed by atoms with Crippen LogP contribution in [0.1, 0.15) is 6.92 Å². The lowest BCUT2D eigenvalue weighted by molar-refractivity contribution is 0.281. The van der Waals surface area contributed by atoms with E-state index in [-0.39, 0.29) is 12.6 Å². The average molecular weight is 382 g/mol. The van der Waals surface area contributed by atoms with Gasteiger partial charge in [0.05, 0.1) is 6.61 Å². The first-order chi connectivity index (χ1) is 13.1. The third-order valence-electron chi connectivity index (χ3n) is 3.86. The van der Waals surface area contributed by atoms with Crippen molar-refractivity contribution in [3.8, 4) is 11.1 Å². The molecule has 0 saturated carbocycles. The molecule has 8 heteroatoms. The first kappa shape index (κ1) is 18.8. The fourth-order valence-corrected chi connectivity index (χ4v) is 2.83. The molecule has 0 fully saturated rings. The number of aliphatic hydroxyl groups is 1. The quantitative estimate of drug-likeness (QED) is 0.463. The molecule has 0 aliphatic carbocycles. The molecule has 0 aliphatic heterocycles. The summed E-state index contributed by atoms with van der Waals surface area (Å²) in [7, 11) is -1.76. The van der Waals surface area contributed by atoms with Gasteiger partial charge in [-0.15, -0.1) is 0 Å². The topological polar surface area (TPSA) is 111 Å². The lowest BCUT2D eigenvalue weighted by atomic mass is 10.1. The normalized spacial score (nSPS) is 12.0. The van der Waals surface area contributed by atoms with Gasteiger partial charge in [0.2, 0.25) is 5.95 Å². The molecule has 0 amide bonds.